The van der Waals surface area contributed by atoms with Crippen LogP contribution in [0.2, 0.25) is 0 Å². The number of nitrogens with one attached hydrogen (secondary N) is 1. The van der Waals surface area contributed by atoms with E-state index >= 15 is 0 Å². The summed E-state index contributed by atoms with van der Waals surface area (Å²) in [6.45, 7) is 3.46. The molecule has 0 fully saturated rings. The van der Waals surface area contributed by atoms with E-state index in [1.807, 2.05) is 0 Å². The van der Waals surface area contributed by atoms with E-state index in [2.05, 4.69) is 11.9 Å². The Morgan fingerprint density at radius 3 is 2.48 bits per heavy atom. The number of aliphatic hydroxyl groups is 1. The molecule has 0 aliphatic carbocycles. The molecule has 0 amide bonds. The summed E-state index contributed by atoms with van der Waals surface area (Å²) in [6, 6.07) is 7.31. The van der Waals surface area contributed by atoms with Gasteiger partial charge in [-0.1, -0.05) is 18.3 Å². The van der Waals surface area contributed by atoms with Crippen molar-refractivity contribution >= 4 is 32.9 Å². The van der Waals surface area contributed by atoms with Crippen molar-refractivity contribution in [3.8, 4) is 6.07 Å². The van der Waals surface area contributed by atoms with E-state index in [0.29, 0.717) is 5.69 Å². The lowest BCUT2D eigenvalue weighted by Gasteiger charge is -2.08. The smallest absolute Gasteiger partial charge is 0.238 e. The van der Waals surface area contributed by atoms with Crippen molar-refractivity contribution in [1.82, 2.24) is 0 Å². The molecule has 1 rings (SSSR count). The van der Waals surface area contributed by atoms with Gasteiger partial charge in [0, 0.05) is 12.1 Å². The minimum absolute atomic E-state index is 0.0280. The molecule has 4 N–H and O–H groups in total. The quantitative estimate of drug-likeness (QED) is 0.251. The normalized spacial score (nSPS) is 12.0. The number of aliphatic hydroxyl groups excluding tert-OH is 1. The predicted octanol–water partition coefficient (Wildman–Crippen LogP) is 1.99. The minimum Gasteiger partial charge on any atom is -0.510 e. The third-order valence-corrected chi connectivity index (χ3v) is 3.64. The van der Waals surface area contributed by atoms with Crippen LogP contribution in [0.3, 0.4) is 0 Å². The van der Waals surface area contributed by atoms with Gasteiger partial charge in [0.05, 0.1) is 4.90 Å². The summed E-state index contributed by atoms with van der Waals surface area (Å²) in [4.78, 5) is -0.00951. The molecule has 0 unspecified atom stereocenters. The summed E-state index contributed by atoms with van der Waals surface area (Å²) in [5.74, 6) is -0.189. The van der Waals surface area contributed by atoms with Gasteiger partial charge in [0.2, 0.25) is 10.0 Å². The number of thiocarbonyl (C=S) groups is 1. The van der Waals surface area contributed by atoms with Crippen LogP contribution < -0.4 is 10.5 Å². The van der Waals surface area contributed by atoms with Crippen molar-refractivity contribution in [3.63, 3.8) is 0 Å². The molecule has 1 aromatic rings. The van der Waals surface area contributed by atoms with Gasteiger partial charge in [0.25, 0.3) is 0 Å². The van der Waals surface area contributed by atoms with Gasteiger partial charge in [0.1, 0.15) is 22.4 Å². The van der Waals surface area contributed by atoms with Gasteiger partial charge < -0.3 is 10.4 Å². The number of primary sulfonamides is 1. The number of anilines is 1. The zero-order chi connectivity index (χ0) is 16.0. The maximum atomic E-state index is 11.1. The minimum atomic E-state index is -3.76. The Morgan fingerprint density at radius 2 is 2.05 bits per heavy atom. The summed E-state index contributed by atoms with van der Waals surface area (Å²) in [5, 5.41) is 26.4. The van der Waals surface area contributed by atoms with Gasteiger partial charge in [-0.05, 0) is 24.3 Å². The van der Waals surface area contributed by atoms with Crippen LogP contribution in [0.15, 0.2) is 53.1 Å². The number of rotatable bonds is 5. The van der Waals surface area contributed by atoms with Crippen molar-refractivity contribution < 1.29 is 13.5 Å². The number of sulfonamides is 1. The first-order chi connectivity index (χ1) is 9.79. The lowest BCUT2D eigenvalue weighted by Crippen LogP contribution is -2.14. The second-order valence-electron chi connectivity index (χ2n) is 3.95. The number of benzene rings is 1. The SMILES string of the molecule is C=CCC(O)=C(C#N)C(=S)Nc1ccc(S(N)(=O)=O)cc1. The molecule has 0 saturated heterocycles. The first kappa shape index (κ1) is 16.8. The molecular formula is C13H13N3O3S2. The Bertz CT molecular complexity index is 729. The molecule has 0 aliphatic rings. The Labute approximate surface area is 128 Å². The molecule has 0 heterocycles. The van der Waals surface area contributed by atoms with Gasteiger partial charge in [-0.25, -0.2) is 13.6 Å². The largest absolute Gasteiger partial charge is 0.510 e. The highest BCUT2D eigenvalue weighted by molar-refractivity contribution is 7.89. The van der Waals surface area contributed by atoms with E-state index in [1.54, 1.807) is 6.07 Å². The summed E-state index contributed by atoms with van der Waals surface area (Å²) >= 11 is 5.02. The lowest BCUT2D eigenvalue weighted by atomic mass is 10.2. The maximum Gasteiger partial charge on any atom is 0.238 e. The van der Waals surface area contributed by atoms with Crippen molar-refractivity contribution in [1.29, 1.82) is 5.26 Å². The van der Waals surface area contributed by atoms with Crippen LogP contribution in [-0.2, 0) is 10.0 Å². The molecular weight excluding hydrogens is 310 g/mol. The molecule has 0 radical (unpaired) electrons. The fraction of sp³-hybridized carbons (Fsp3) is 0.0769. The van der Waals surface area contributed by atoms with Crippen molar-refractivity contribution in [2.75, 3.05) is 5.32 Å². The van der Waals surface area contributed by atoms with Gasteiger partial charge in [-0.2, -0.15) is 5.26 Å². The van der Waals surface area contributed by atoms with E-state index in [4.69, 9.17) is 22.6 Å². The fourth-order valence-corrected chi connectivity index (χ4v) is 2.20. The topological polar surface area (TPSA) is 116 Å². The Kier molecular flexibility index (Phi) is 5.60. The van der Waals surface area contributed by atoms with Gasteiger partial charge in [-0.3, -0.25) is 0 Å². The average Bonchev–Trinajstić information content (AvgIpc) is 2.39. The Hall–Kier alpha value is -2.21. The molecule has 0 aromatic heterocycles. The third-order valence-electron chi connectivity index (χ3n) is 2.41. The molecule has 21 heavy (non-hydrogen) atoms. The predicted molar refractivity (Wildman–Crippen MR) is 84.1 cm³/mol. The van der Waals surface area contributed by atoms with Crippen molar-refractivity contribution in [2.24, 2.45) is 5.14 Å². The highest BCUT2D eigenvalue weighted by atomic mass is 32.2. The standard InChI is InChI=1S/C13H13N3O3S2/c1-2-3-12(17)11(8-14)13(20)16-9-4-6-10(7-5-9)21(15,18)19/h2,4-7,17H,1,3H2,(H,16,20)(H2,15,18,19). The molecule has 1 aromatic carbocycles. The number of hydrogen-bond donors (Lipinski definition) is 3. The number of nitrogens with two attached hydrogens (primary N) is 1. The van der Waals surface area contributed by atoms with E-state index in [1.165, 1.54) is 30.3 Å². The molecule has 0 bridgehead atoms. The first-order valence-electron chi connectivity index (χ1n) is 5.67. The van der Waals surface area contributed by atoms with Crippen molar-refractivity contribution in [2.45, 2.75) is 11.3 Å². The molecule has 0 saturated carbocycles. The molecule has 8 heteroatoms. The van der Waals surface area contributed by atoms with Crippen LogP contribution in [-0.4, -0.2) is 18.5 Å². The monoisotopic (exact) mass is 323 g/mol. The number of nitriles is 1. The van der Waals surface area contributed by atoms with E-state index in [-0.39, 0.29) is 27.6 Å². The summed E-state index contributed by atoms with van der Waals surface area (Å²) in [6.07, 6.45) is 1.56. The number of allylic oxidation sites excluding steroid dienone is 1. The summed E-state index contributed by atoms with van der Waals surface area (Å²) in [5.41, 5.74) is 0.395. The van der Waals surface area contributed by atoms with Gasteiger partial charge in [-0.15, -0.1) is 6.58 Å². The van der Waals surface area contributed by atoms with E-state index in [9.17, 15) is 13.5 Å². The Balaban J connectivity index is 2.96. The molecule has 6 nitrogen and oxygen atoms in total. The first-order valence-corrected chi connectivity index (χ1v) is 7.62. The second-order valence-corrected chi connectivity index (χ2v) is 5.92. The Morgan fingerprint density at radius 1 is 1.48 bits per heavy atom. The second kappa shape index (κ2) is 6.99. The van der Waals surface area contributed by atoms with Crippen LogP contribution >= 0.6 is 12.2 Å². The molecule has 110 valence electrons. The van der Waals surface area contributed by atoms with Crippen LogP contribution in [0.1, 0.15) is 6.42 Å². The molecule has 0 aliphatic heterocycles. The van der Waals surface area contributed by atoms with Gasteiger partial charge >= 0.3 is 0 Å². The molecule has 0 atom stereocenters. The molecule has 0 spiro atoms. The van der Waals surface area contributed by atoms with Crippen LogP contribution in [0.25, 0.3) is 0 Å². The van der Waals surface area contributed by atoms with Gasteiger partial charge in [0.15, 0.2) is 0 Å². The number of hydrogen-bond acceptors (Lipinski definition) is 5. The third kappa shape index (κ3) is 4.68. The summed E-state index contributed by atoms with van der Waals surface area (Å²) < 4.78 is 22.2. The van der Waals surface area contributed by atoms with Crippen molar-refractivity contribution in [3.05, 3.63) is 48.3 Å². The van der Waals surface area contributed by atoms with Crippen LogP contribution in [0.5, 0.6) is 0 Å². The van der Waals surface area contributed by atoms with Crippen LogP contribution in [0, 0.1) is 11.3 Å². The maximum absolute atomic E-state index is 11.1. The fourth-order valence-electron chi connectivity index (χ4n) is 1.41. The lowest BCUT2D eigenvalue weighted by molar-refractivity contribution is 0.399. The summed E-state index contributed by atoms with van der Waals surface area (Å²) in [7, 11) is -3.76. The van der Waals surface area contributed by atoms with E-state index in [0.717, 1.165) is 0 Å². The average molecular weight is 323 g/mol. The highest BCUT2D eigenvalue weighted by Crippen LogP contribution is 2.15. The highest BCUT2D eigenvalue weighted by Gasteiger charge is 2.12. The zero-order valence-corrected chi connectivity index (χ0v) is 12.5. The zero-order valence-electron chi connectivity index (χ0n) is 10.9. The number of nitrogens with zero attached hydrogens (tertiary/aromatic N) is 1. The van der Waals surface area contributed by atoms with Crippen LogP contribution in [0.4, 0.5) is 5.69 Å². The van der Waals surface area contributed by atoms with E-state index < -0.39 is 10.0 Å².